The van der Waals surface area contributed by atoms with Gasteiger partial charge >= 0.3 is 233 Å². The summed E-state index contributed by atoms with van der Waals surface area (Å²) in [5.74, 6) is 0. The molecule has 42 heavy (non-hydrogen) atoms. The van der Waals surface area contributed by atoms with Crippen LogP contribution in [0, 0.1) is 0 Å². The molecule has 1 radical (unpaired) electrons. The minimum atomic E-state index is -5.68. The summed E-state index contributed by atoms with van der Waals surface area (Å²) >= 11 is -5.68. The van der Waals surface area contributed by atoms with E-state index in [0.717, 1.165) is 97.1 Å². The van der Waals surface area contributed by atoms with Crippen molar-refractivity contribution in [3.05, 3.63) is 119 Å². The van der Waals surface area contributed by atoms with E-state index in [-0.39, 0.29) is 14.4 Å². The van der Waals surface area contributed by atoms with Crippen molar-refractivity contribution in [2.75, 3.05) is 0 Å². The number of rotatable bonds is 4. The second-order valence-corrected chi connectivity index (χ2v) is 23.1. The molecule has 4 aromatic rings. The molecule has 0 amide bonds. The van der Waals surface area contributed by atoms with E-state index in [1.807, 2.05) is 0 Å². The van der Waals surface area contributed by atoms with E-state index >= 15 is 0 Å². The van der Waals surface area contributed by atoms with Gasteiger partial charge in [-0.15, -0.1) is 0 Å². The molecule has 0 heterocycles. The van der Waals surface area contributed by atoms with Gasteiger partial charge in [-0.1, -0.05) is 0 Å². The second-order valence-electron chi connectivity index (χ2n) is 9.52. The molecule has 0 atom stereocenters. The first-order valence-electron chi connectivity index (χ1n) is 11.8. The van der Waals surface area contributed by atoms with Crippen LogP contribution in [0.25, 0.3) is 0 Å². The zero-order valence-electron chi connectivity index (χ0n) is 21.2. The molecule has 0 fully saturated rings. The van der Waals surface area contributed by atoms with Crippen molar-refractivity contribution in [3.8, 4) is 0 Å². The Morgan fingerprint density at radius 2 is 0.452 bits per heavy atom. The zero-order chi connectivity index (χ0) is 31.4. The summed E-state index contributed by atoms with van der Waals surface area (Å²) in [4.78, 5) is 1.52. The Morgan fingerprint density at radius 1 is 0.310 bits per heavy atom. The zero-order valence-corrected chi connectivity index (χ0v) is 23.5. The van der Waals surface area contributed by atoms with Crippen molar-refractivity contribution < 1.29 is 52.7 Å². The fraction of sp³-hybridized carbons (Fsp3) is 0.172. The van der Waals surface area contributed by atoms with Crippen LogP contribution in [0.4, 0.5) is 52.7 Å². The van der Waals surface area contributed by atoms with Gasteiger partial charge in [-0.2, -0.15) is 0 Å². The molecule has 0 aromatic heterocycles. The molecule has 4 aromatic carbocycles. The number of hydrogen-bond donors (Lipinski definition) is 0. The summed E-state index contributed by atoms with van der Waals surface area (Å²) in [6.07, 6.45) is -19.1. The molecule has 4 rings (SSSR count). The summed E-state index contributed by atoms with van der Waals surface area (Å²) in [6.45, 7) is 0. The normalized spacial score (nSPS) is 14.4. The van der Waals surface area contributed by atoms with Crippen molar-refractivity contribution in [1.29, 1.82) is 0 Å². The van der Waals surface area contributed by atoms with Gasteiger partial charge in [-0.25, -0.2) is 0 Å². The van der Waals surface area contributed by atoms with Gasteiger partial charge in [0, 0.05) is 0 Å². The first kappa shape index (κ1) is 31.8. The van der Waals surface area contributed by atoms with Crippen LogP contribution in [0.2, 0.25) is 4.97 Å². The third-order valence-corrected chi connectivity index (χ3v) is 23.6. The van der Waals surface area contributed by atoms with Gasteiger partial charge in [0.25, 0.3) is 0 Å². The SMILES string of the molecule is C[Te](c1ccc(C(F)(F)F)cc1)(c1ccc(C(F)(F)F)cc1)(c1ccc(C(F)(F)F)cc1)c1ccc(C(F)(F)F)cc1. The predicted octanol–water partition coefficient (Wildman–Crippen LogP) is 7.72. The second kappa shape index (κ2) is 10.2. The van der Waals surface area contributed by atoms with Crippen LogP contribution in [-0.4, -0.2) is 16.8 Å². The Hall–Kier alpha value is -3.17. The van der Waals surface area contributed by atoms with Gasteiger partial charge in [0.2, 0.25) is 0 Å². The van der Waals surface area contributed by atoms with Gasteiger partial charge in [0.1, 0.15) is 0 Å². The average Bonchev–Trinajstić information content (AvgIpc) is 2.91. The van der Waals surface area contributed by atoms with Crippen LogP contribution in [0.3, 0.4) is 0 Å². The van der Waals surface area contributed by atoms with Gasteiger partial charge in [-0.05, 0) is 0 Å². The Balaban J connectivity index is 2.16. The first-order valence-corrected chi connectivity index (χ1v) is 18.8. The van der Waals surface area contributed by atoms with Crippen LogP contribution in [0.5, 0.6) is 0 Å². The Bertz CT molecular complexity index is 1300. The maximum atomic E-state index is 13.4. The van der Waals surface area contributed by atoms with Gasteiger partial charge in [-0.3, -0.25) is 0 Å². The molecule has 0 aliphatic rings. The van der Waals surface area contributed by atoms with Gasteiger partial charge < -0.3 is 0 Å². The topological polar surface area (TPSA) is 0 Å². The average molecular weight is 723 g/mol. The van der Waals surface area contributed by atoms with E-state index in [2.05, 4.69) is 0 Å². The molecule has 0 unspecified atom stereocenters. The number of benzene rings is 4. The molecule has 0 N–H and O–H groups in total. The maximum absolute atomic E-state index is 13.4. The summed E-state index contributed by atoms with van der Waals surface area (Å²) in [5, 5.41) is 0. The van der Waals surface area contributed by atoms with Gasteiger partial charge in [0.05, 0.1) is 0 Å². The molecule has 13 heteroatoms. The Kier molecular flexibility index (Phi) is 7.73. The molecular formula is C29H19F12Te. The molecule has 0 bridgehead atoms. The van der Waals surface area contributed by atoms with Crippen LogP contribution in [0.1, 0.15) is 22.3 Å². The van der Waals surface area contributed by atoms with E-state index in [1.54, 1.807) is 0 Å². The molecule has 0 spiro atoms. The third kappa shape index (κ3) is 5.49. The number of alkyl halides is 12. The van der Waals surface area contributed by atoms with Crippen LogP contribution >= 0.6 is 0 Å². The van der Waals surface area contributed by atoms with Crippen molar-refractivity contribution in [2.24, 2.45) is 0 Å². The molecule has 0 nitrogen and oxygen atoms in total. The van der Waals surface area contributed by atoms with Crippen molar-refractivity contribution in [3.63, 3.8) is 0 Å². The monoisotopic (exact) mass is 725 g/mol. The van der Waals surface area contributed by atoms with Crippen molar-refractivity contribution >= 4 is 31.3 Å². The van der Waals surface area contributed by atoms with E-state index in [1.165, 1.54) is 4.97 Å². The van der Waals surface area contributed by atoms with E-state index < -0.39 is 63.8 Å². The van der Waals surface area contributed by atoms with Crippen molar-refractivity contribution in [1.82, 2.24) is 0 Å². The molecule has 0 aliphatic heterocycles. The molecule has 225 valence electrons. The first-order chi connectivity index (χ1) is 19.2. The molecule has 0 aliphatic carbocycles. The summed E-state index contributed by atoms with van der Waals surface area (Å²) in [7, 11) is 0. The van der Waals surface area contributed by atoms with E-state index in [9.17, 15) is 52.7 Å². The van der Waals surface area contributed by atoms with Crippen LogP contribution < -0.4 is 14.4 Å². The standard InChI is InChI=1S/C29H19F12Te/c1-42(22-10-2-18(3-11-22)26(30,31)32,23-12-4-19(5-13-23)27(33,34)35,24-14-6-20(7-15-24)28(36,37)38)25-16-8-21(9-17-25)29(39,40)41/h2-17H,1H3. The Morgan fingerprint density at radius 3 is 0.571 bits per heavy atom. The molecule has 0 saturated carbocycles. The number of halogens is 12. The molecule has 0 saturated heterocycles. The summed E-state index contributed by atoms with van der Waals surface area (Å²) in [6, 6.07) is 14.4. The summed E-state index contributed by atoms with van der Waals surface area (Å²) < 4.78 is 162. The predicted molar refractivity (Wildman–Crippen MR) is 136 cm³/mol. The van der Waals surface area contributed by atoms with Gasteiger partial charge in [0.15, 0.2) is 0 Å². The fourth-order valence-electron chi connectivity index (χ4n) is 4.75. The quantitative estimate of drug-likeness (QED) is 0.150. The van der Waals surface area contributed by atoms with Crippen LogP contribution in [-0.2, 0) is 24.7 Å². The van der Waals surface area contributed by atoms with E-state index in [0.29, 0.717) is 0 Å². The van der Waals surface area contributed by atoms with E-state index in [4.69, 9.17) is 0 Å². The fourth-order valence-corrected chi connectivity index (χ4v) is 18.7. The number of hydrogen-bond acceptors (Lipinski definition) is 0. The Labute approximate surface area is 232 Å². The van der Waals surface area contributed by atoms with Crippen molar-refractivity contribution in [2.45, 2.75) is 29.7 Å². The van der Waals surface area contributed by atoms with Crippen LogP contribution in [0.15, 0.2) is 97.1 Å². The summed E-state index contributed by atoms with van der Waals surface area (Å²) in [5.41, 5.74) is -4.28. The molecular weight excluding hydrogens is 704 g/mol. The third-order valence-electron chi connectivity index (χ3n) is 7.08. The minimum absolute atomic E-state index is 0.126.